The van der Waals surface area contributed by atoms with Crippen LogP contribution in [-0.2, 0) is 38.1 Å². The van der Waals surface area contributed by atoms with Crippen LogP contribution in [0.2, 0.25) is 0 Å². The minimum absolute atomic E-state index is 0.229. The highest BCUT2D eigenvalue weighted by molar-refractivity contribution is 7.36. The van der Waals surface area contributed by atoms with Crippen molar-refractivity contribution in [3.63, 3.8) is 0 Å². The summed E-state index contributed by atoms with van der Waals surface area (Å²) < 4.78 is 28.7. The predicted octanol–water partition coefficient (Wildman–Crippen LogP) is 14.2. The fourth-order valence-electron chi connectivity index (χ4n) is 8.24. The minimum atomic E-state index is -0.394. The Morgan fingerprint density at radius 3 is 1.02 bits per heavy atom. The zero-order valence-corrected chi connectivity index (χ0v) is 39.4. The van der Waals surface area contributed by atoms with Gasteiger partial charge >= 0.3 is 23.9 Å². The summed E-state index contributed by atoms with van der Waals surface area (Å²) in [6.07, 6.45) is 9.23. The quantitative estimate of drug-likeness (QED) is 0.0679. The van der Waals surface area contributed by atoms with Crippen molar-refractivity contribution in [2.24, 2.45) is 23.7 Å². The molecular weight excluding hydrogens is 841 g/mol. The number of hydrogen-bond donors (Lipinski definition) is 0. The first-order valence-electron chi connectivity index (χ1n) is 22.5. The van der Waals surface area contributed by atoms with Gasteiger partial charge in [0.1, 0.15) is 24.4 Å². The van der Waals surface area contributed by atoms with E-state index in [1.807, 2.05) is 102 Å². The first-order chi connectivity index (χ1) is 30.6. The smallest absolute Gasteiger partial charge is 0.308 e. The van der Waals surface area contributed by atoms with Crippen LogP contribution >= 0.6 is 22.7 Å². The average molecular weight is 897 g/mol. The lowest BCUT2D eigenvalue weighted by Crippen LogP contribution is -2.25. The maximum absolute atomic E-state index is 12.7. The van der Waals surface area contributed by atoms with E-state index < -0.39 is 12.2 Å². The third-order valence-electron chi connectivity index (χ3n) is 12.0. The summed E-state index contributed by atoms with van der Waals surface area (Å²) in [4.78, 5) is 50.4. The molecule has 64 heavy (non-hydrogen) atoms. The molecule has 4 atom stereocenters. The van der Waals surface area contributed by atoms with E-state index >= 15 is 0 Å². The molecule has 0 saturated carbocycles. The topological polar surface area (TPSA) is 105 Å². The van der Waals surface area contributed by atoms with Gasteiger partial charge in [0.25, 0.3) is 0 Å². The Morgan fingerprint density at radius 1 is 0.422 bits per heavy atom. The third-order valence-corrected chi connectivity index (χ3v) is 14.5. The number of thiophene rings is 2. The van der Waals surface area contributed by atoms with E-state index in [1.165, 1.54) is 29.6 Å². The van der Waals surface area contributed by atoms with Crippen LogP contribution in [0.1, 0.15) is 150 Å². The zero-order chi connectivity index (χ0) is 45.4. The molecule has 0 spiro atoms. The van der Waals surface area contributed by atoms with Crippen molar-refractivity contribution in [2.75, 3.05) is 0 Å². The molecule has 0 aliphatic heterocycles. The van der Waals surface area contributed by atoms with Crippen LogP contribution in [0.25, 0.3) is 53.9 Å². The van der Waals surface area contributed by atoms with Gasteiger partial charge in [-0.1, -0.05) is 128 Å². The fourth-order valence-corrected chi connectivity index (χ4v) is 11.0. The second-order valence-corrected chi connectivity index (χ2v) is 20.4. The van der Waals surface area contributed by atoms with Gasteiger partial charge in [-0.05, 0) is 94.5 Å². The first kappa shape index (κ1) is 45.0. The molecule has 6 aromatic rings. The second-order valence-electron chi connectivity index (χ2n) is 18.3. The van der Waals surface area contributed by atoms with Crippen LogP contribution in [0.3, 0.4) is 0 Å². The zero-order valence-electron chi connectivity index (χ0n) is 37.8. The molecule has 10 heteroatoms. The third kappa shape index (κ3) is 9.59. The molecule has 332 valence electrons. The van der Waals surface area contributed by atoms with E-state index in [0.29, 0.717) is 25.7 Å². The summed E-state index contributed by atoms with van der Waals surface area (Å²) in [6, 6.07) is 25.4. The Balaban J connectivity index is 1.02. The van der Waals surface area contributed by atoms with E-state index in [4.69, 9.17) is 18.9 Å². The number of ether oxygens (including phenoxy) is 4. The maximum Gasteiger partial charge on any atom is 0.308 e. The standard InChI is InChI=1S/C54H56O8S2/c1-29(2)51(55)59-43-21-23-45(61-53(57)31(5)6)41-25-33(13-17-37(41)43)9-11-35-15-19-39-47(27-35)63-50-40-20-16-36(28-48(40)64-49(39)50)12-10-34-14-18-38-42(26-34)46(62-54(58)32(7)8)24-22-44(38)60-52(56)30(3)4/h9-20,25-32,43-46H,21-24H2,1-8H3/b11-9+,12-10+. The molecule has 2 aliphatic carbocycles. The van der Waals surface area contributed by atoms with Crippen LogP contribution in [0.15, 0.2) is 72.8 Å². The number of hydrogen-bond acceptors (Lipinski definition) is 10. The Labute approximate surface area is 383 Å². The summed E-state index contributed by atoms with van der Waals surface area (Å²) in [6.45, 7) is 14.7. The largest absolute Gasteiger partial charge is 0.457 e. The Hall–Kier alpha value is -5.58. The Morgan fingerprint density at radius 2 is 0.703 bits per heavy atom. The van der Waals surface area contributed by atoms with Gasteiger partial charge in [0.05, 0.1) is 33.1 Å². The number of benzene rings is 4. The molecule has 8 rings (SSSR count). The van der Waals surface area contributed by atoms with Crippen molar-refractivity contribution >= 4 is 100 Å². The highest BCUT2D eigenvalue weighted by atomic mass is 32.1. The van der Waals surface area contributed by atoms with Crippen molar-refractivity contribution in [1.29, 1.82) is 0 Å². The first-order valence-corrected chi connectivity index (χ1v) is 24.1. The van der Waals surface area contributed by atoms with Crippen LogP contribution in [0.5, 0.6) is 0 Å². The van der Waals surface area contributed by atoms with Gasteiger partial charge in [-0.25, -0.2) is 0 Å². The molecule has 2 aromatic heterocycles. The van der Waals surface area contributed by atoms with E-state index in [0.717, 1.165) is 44.5 Å². The Kier molecular flexibility index (Phi) is 13.3. The van der Waals surface area contributed by atoms with Gasteiger partial charge in [-0.15, -0.1) is 22.7 Å². The van der Waals surface area contributed by atoms with Crippen molar-refractivity contribution < 1.29 is 38.1 Å². The lowest BCUT2D eigenvalue weighted by atomic mass is 9.85. The van der Waals surface area contributed by atoms with E-state index in [9.17, 15) is 19.2 Å². The molecule has 2 aliphatic rings. The number of fused-ring (bicyclic) bond motifs is 7. The van der Waals surface area contributed by atoms with Gasteiger partial charge < -0.3 is 18.9 Å². The van der Waals surface area contributed by atoms with Gasteiger partial charge in [0, 0.05) is 20.2 Å². The molecule has 0 fully saturated rings. The van der Waals surface area contributed by atoms with Crippen molar-refractivity contribution in [3.05, 3.63) is 117 Å². The summed E-state index contributed by atoms with van der Waals surface area (Å²) in [5, 5.41) is 2.47. The van der Waals surface area contributed by atoms with Crippen LogP contribution < -0.4 is 0 Å². The van der Waals surface area contributed by atoms with Crippen LogP contribution in [0.4, 0.5) is 0 Å². The molecule has 0 radical (unpaired) electrons. The maximum atomic E-state index is 12.7. The summed E-state index contributed by atoms with van der Waals surface area (Å²) in [7, 11) is 0. The molecule has 0 bridgehead atoms. The molecule has 0 N–H and O–H groups in total. The fraction of sp³-hybridized carbons (Fsp3) is 0.370. The van der Waals surface area contributed by atoms with Crippen molar-refractivity contribution in [3.8, 4) is 0 Å². The molecular formula is C54H56O8S2. The number of esters is 4. The van der Waals surface area contributed by atoms with Crippen molar-refractivity contribution in [2.45, 2.75) is 105 Å². The molecule has 2 heterocycles. The van der Waals surface area contributed by atoms with Gasteiger partial charge in [0.2, 0.25) is 0 Å². The van der Waals surface area contributed by atoms with E-state index in [1.54, 1.807) is 0 Å². The normalized spacial score (nSPS) is 18.8. The predicted molar refractivity (Wildman–Crippen MR) is 259 cm³/mol. The van der Waals surface area contributed by atoms with Crippen molar-refractivity contribution in [1.82, 2.24) is 0 Å². The highest BCUT2D eigenvalue weighted by Crippen LogP contribution is 2.46. The average Bonchev–Trinajstić information content (AvgIpc) is 3.81. The summed E-state index contributed by atoms with van der Waals surface area (Å²) >= 11 is 3.62. The number of carbonyl (C=O) groups excluding carboxylic acids is 4. The minimum Gasteiger partial charge on any atom is -0.457 e. The summed E-state index contributed by atoms with van der Waals surface area (Å²) in [5.41, 5.74) is 7.69. The van der Waals surface area contributed by atoms with E-state index in [2.05, 4.69) is 72.8 Å². The van der Waals surface area contributed by atoms with Gasteiger partial charge in [-0.2, -0.15) is 0 Å². The molecule has 0 amide bonds. The van der Waals surface area contributed by atoms with Gasteiger partial charge in [0.15, 0.2) is 0 Å². The van der Waals surface area contributed by atoms with Gasteiger partial charge in [-0.3, -0.25) is 19.2 Å². The monoisotopic (exact) mass is 896 g/mol. The Bertz CT molecular complexity index is 2630. The molecule has 0 saturated heterocycles. The lowest BCUT2D eigenvalue weighted by molar-refractivity contribution is -0.159. The van der Waals surface area contributed by atoms with Crippen LogP contribution in [0, 0.1) is 23.7 Å². The molecule has 8 nitrogen and oxygen atoms in total. The summed E-state index contributed by atoms with van der Waals surface area (Å²) in [5.74, 6) is -1.89. The molecule has 4 unspecified atom stereocenters. The second kappa shape index (κ2) is 18.9. The molecule has 4 aromatic carbocycles. The SMILES string of the molecule is CC(C)C(=O)OC1CCC(OC(=O)C(C)C)c2cc(/C=C/c3ccc4c(c3)sc3c5ccc(/C=C/c6ccc7c(c6)C(OC(=O)C(C)C)CCC7OC(=O)C(C)C)cc5sc43)ccc21. The lowest BCUT2D eigenvalue weighted by Gasteiger charge is -2.32. The van der Waals surface area contributed by atoms with E-state index in [-0.39, 0.29) is 59.8 Å². The number of carbonyl (C=O) groups is 4. The van der Waals surface area contributed by atoms with Crippen LogP contribution in [-0.4, -0.2) is 23.9 Å². The number of rotatable bonds is 12. The highest BCUT2D eigenvalue weighted by Gasteiger charge is 2.34.